The Labute approximate surface area is 147 Å². The molecule has 0 amide bonds. The average Bonchev–Trinajstić information content (AvgIpc) is 2.59. The molecule has 0 N–H and O–H groups in total. The zero-order valence-electron chi connectivity index (χ0n) is 11.8. The van der Waals surface area contributed by atoms with Gasteiger partial charge in [-0.15, -0.1) is 0 Å². The largest absolute Gasteiger partial charge is 0.102 e. The van der Waals surface area contributed by atoms with E-state index in [2.05, 4.69) is 91.0 Å². The van der Waals surface area contributed by atoms with E-state index < -0.39 is 7.92 Å². The molecule has 4 heteroatoms. The molecule has 0 saturated heterocycles. The minimum atomic E-state index is -0.877. The van der Waals surface area contributed by atoms with Crippen molar-refractivity contribution in [2.75, 3.05) is 0 Å². The van der Waals surface area contributed by atoms with Crippen LogP contribution in [0.5, 0.6) is 0 Å². The predicted molar refractivity (Wildman–Crippen MR) is 98.2 cm³/mol. The van der Waals surface area contributed by atoms with Gasteiger partial charge in [0.05, 0.1) is 7.92 Å². The van der Waals surface area contributed by atoms with Crippen LogP contribution in [0.25, 0.3) is 0 Å². The Morgan fingerprint density at radius 1 is 0.500 bits per heavy atom. The number of rotatable bonds is 3. The second-order valence-corrected chi connectivity index (χ2v) is 8.83. The van der Waals surface area contributed by atoms with E-state index in [9.17, 15) is 0 Å². The molecule has 0 heterocycles. The zero-order valence-corrected chi connectivity index (χ0v) is 15.4. The molecule has 0 bridgehead atoms. The molecule has 0 spiro atoms. The van der Waals surface area contributed by atoms with Crippen LogP contribution in [-0.4, -0.2) is 0 Å². The molecule has 3 aromatic rings. The normalized spacial score (nSPS) is 10.1. The first-order valence-corrected chi connectivity index (χ1v) is 11.3. The molecule has 0 radical (unpaired) electrons. The SMILES string of the molecule is [Cl][Fe][Cl].c1ccc([PH+](c2ccccc2)c2ccccc2)cc1. The van der Waals surface area contributed by atoms with Crippen molar-refractivity contribution in [2.45, 2.75) is 0 Å². The van der Waals surface area contributed by atoms with Gasteiger partial charge < -0.3 is 0 Å². The second-order valence-electron chi connectivity index (χ2n) is 4.52. The van der Waals surface area contributed by atoms with E-state index in [0.717, 1.165) is 0 Å². The molecule has 0 aliphatic heterocycles. The van der Waals surface area contributed by atoms with E-state index in [1.54, 1.807) is 0 Å². The molecular formula is C18H16Cl2FeP+. The van der Waals surface area contributed by atoms with Crippen molar-refractivity contribution in [1.82, 2.24) is 0 Å². The molecule has 114 valence electrons. The van der Waals surface area contributed by atoms with Crippen molar-refractivity contribution in [3.05, 3.63) is 91.0 Å². The molecule has 0 atom stereocenters. The van der Waals surface area contributed by atoms with Crippen molar-refractivity contribution < 1.29 is 13.1 Å². The van der Waals surface area contributed by atoms with Gasteiger partial charge in [-0.05, 0) is 36.4 Å². The first-order chi connectivity index (χ1) is 10.9. The summed E-state index contributed by atoms with van der Waals surface area (Å²) in [6.07, 6.45) is 0. The summed E-state index contributed by atoms with van der Waals surface area (Å²) in [4.78, 5) is 0. The maximum atomic E-state index is 4.76. The molecule has 0 saturated carbocycles. The van der Waals surface area contributed by atoms with Crippen molar-refractivity contribution in [1.29, 1.82) is 0 Å². The molecule has 0 fully saturated rings. The Morgan fingerprint density at radius 2 is 0.727 bits per heavy atom. The maximum Gasteiger partial charge on any atom is 0.102 e. The summed E-state index contributed by atoms with van der Waals surface area (Å²) in [7, 11) is 8.65. The maximum absolute atomic E-state index is 4.76. The van der Waals surface area contributed by atoms with E-state index >= 15 is 0 Å². The van der Waals surface area contributed by atoms with Crippen LogP contribution in [0, 0.1) is 0 Å². The number of halogens is 2. The first-order valence-electron chi connectivity index (χ1n) is 6.75. The summed E-state index contributed by atoms with van der Waals surface area (Å²) >= 11 is 0.194. The molecule has 0 unspecified atom stereocenters. The average molecular weight is 390 g/mol. The van der Waals surface area contributed by atoms with Crippen LogP contribution in [-0.2, 0) is 13.1 Å². The third kappa shape index (κ3) is 5.13. The molecule has 3 aromatic carbocycles. The van der Waals surface area contributed by atoms with Crippen LogP contribution in [0.2, 0.25) is 0 Å². The molecule has 0 nitrogen and oxygen atoms in total. The summed E-state index contributed by atoms with van der Waals surface area (Å²) in [6.45, 7) is 0. The van der Waals surface area contributed by atoms with Crippen molar-refractivity contribution in [2.24, 2.45) is 0 Å². The van der Waals surface area contributed by atoms with Crippen LogP contribution >= 0.6 is 28.1 Å². The monoisotopic (exact) mass is 389 g/mol. The van der Waals surface area contributed by atoms with Gasteiger partial charge in [-0.3, -0.25) is 0 Å². The topological polar surface area (TPSA) is 0 Å². The first kappa shape index (κ1) is 17.5. The van der Waals surface area contributed by atoms with E-state index in [1.165, 1.54) is 15.9 Å². The van der Waals surface area contributed by atoms with Crippen LogP contribution in [0.4, 0.5) is 0 Å². The van der Waals surface area contributed by atoms with E-state index in [4.69, 9.17) is 20.2 Å². The molecule has 22 heavy (non-hydrogen) atoms. The van der Waals surface area contributed by atoms with Gasteiger partial charge in [0, 0.05) is 0 Å². The van der Waals surface area contributed by atoms with Gasteiger partial charge >= 0.3 is 33.3 Å². The van der Waals surface area contributed by atoms with Gasteiger partial charge in [-0.1, -0.05) is 54.6 Å². The molecule has 0 aliphatic carbocycles. The van der Waals surface area contributed by atoms with Crippen LogP contribution in [0.1, 0.15) is 0 Å². The minimum absolute atomic E-state index is 0.194. The zero-order chi connectivity index (χ0) is 15.6. The summed E-state index contributed by atoms with van der Waals surface area (Å²) < 4.78 is 0. The van der Waals surface area contributed by atoms with Crippen molar-refractivity contribution in [3.8, 4) is 0 Å². The summed E-state index contributed by atoms with van der Waals surface area (Å²) in [5.74, 6) is 0. The van der Waals surface area contributed by atoms with Gasteiger partial charge in [-0.25, -0.2) is 0 Å². The number of hydrogen-bond donors (Lipinski definition) is 0. The van der Waals surface area contributed by atoms with Crippen LogP contribution < -0.4 is 15.9 Å². The van der Waals surface area contributed by atoms with Crippen LogP contribution in [0.3, 0.4) is 0 Å². The Hall–Kier alpha value is -0.811. The van der Waals surface area contributed by atoms with Crippen LogP contribution in [0.15, 0.2) is 91.0 Å². The fraction of sp³-hybridized carbons (Fsp3) is 0. The van der Waals surface area contributed by atoms with Crippen molar-refractivity contribution >= 4 is 44.0 Å². The van der Waals surface area contributed by atoms with Gasteiger partial charge in [-0.2, -0.15) is 0 Å². The summed E-state index contributed by atoms with van der Waals surface area (Å²) in [5.41, 5.74) is 0. The molecule has 0 aromatic heterocycles. The second kappa shape index (κ2) is 10.1. The third-order valence-corrected chi connectivity index (χ3v) is 5.92. The van der Waals surface area contributed by atoms with Gasteiger partial charge in [0.25, 0.3) is 0 Å². The molecule has 0 aliphatic rings. The number of hydrogen-bond acceptors (Lipinski definition) is 0. The van der Waals surface area contributed by atoms with Gasteiger partial charge in [0.1, 0.15) is 15.9 Å². The smallest absolute Gasteiger partial charge is 0.0620 e. The standard InChI is InChI=1S/C18H15P.2ClH.Fe/c1-4-10-16(11-5-1)19(17-12-6-2-7-13-17)18-14-8-3-9-15-18;;;/h1-15H;2*1H;/q;;;+2/p-1. The quantitative estimate of drug-likeness (QED) is 0.455. The van der Waals surface area contributed by atoms with E-state index in [-0.39, 0.29) is 13.1 Å². The predicted octanol–water partition coefficient (Wildman–Crippen LogP) is 4.55. The van der Waals surface area contributed by atoms with E-state index in [0.29, 0.717) is 0 Å². The Morgan fingerprint density at radius 3 is 0.955 bits per heavy atom. The number of benzene rings is 3. The Kier molecular flexibility index (Phi) is 8.02. The Balaban J connectivity index is 0.000000545. The fourth-order valence-corrected chi connectivity index (χ4v) is 4.89. The minimum Gasteiger partial charge on any atom is -0.0620 e. The van der Waals surface area contributed by atoms with Crippen molar-refractivity contribution in [3.63, 3.8) is 0 Å². The molecule has 3 rings (SSSR count). The van der Waals surface area contributed by atoms with Gasteiger partial charge in [0.15, 0.2) is 0 Å². The van der Waals surface area contributed by atoms with Gasteiger partial charge in [0.2, 0.25) is 0 Å². The summed E-state index contributed by atoms with van der Waals surface area (Å²) in [6, 6.07) is 32.5. The summed E-state index contributed by atoms with van der Waals surface area (Å²) in [5, 5.41) is 4.31. The molecular weight excluding hydrogens is 374 g/mol. The Bertz CT molecular complexity index is 554. The van der Waals surface area contributed by atoms with E-state index in [1.807, 2.05) is 0 Å². The fourth-order valence-electron chi connectivity index (χ4n) is 2.31. The third-order valence-electron chi connectivity index (χ3n) is 3.19.